The zero-order valence-corrected chi connectivity index (χ0v) is 13.6. The number of halogens is 1. The summed E-state index contributed by atoms with van der Waals surface area (Å²) in [4.78, 5) is 0. The molecule has 0 bridgehead atoms. The summed E-state index contributed by atoms with van der Waals surface area (Å²) in [6.45, 7) is 5.84. The first kappa shape index (κ1) is 14.8. The minimum Gasteiger partial charge on any atom is -0.486 e. The third-order valence-electron chi connectivity index (χ3n) is 4.65. The Kier molecular flexibility index (Phi) is 4.48. The van der Waals surface area contributed by atoms with Gasteiger partial charge in [0, 0.05) is 18.2 Å². The van der Waals surface area contributed by atoms with Crippen LogP contribution in [0.4, 0.5) is 5.69 Å². The third kappa shape index (κ3) is 3.39. The van der Waals surface area contributed by atoms with Crippen molar-refractivity contribution in [3.63, 3.8) is 0 Å². The van der Waals surface area contributed by atoms with Gasteiger partial charge in [-0.25, -0.2) is 0 Å². The molecule has 1 heterocycles. The van der Waals surface area contributed by atoms with E-state index in [1.807, 2.05) is 12.1 Å². The smallest absolute Gasteiger partial charge is 0.163 e. The highest BCUT2D eigenvalue weighted by molar-refractivity contribution is 6.33. The van der Waals surface area contributed by atoms with E-state index in [1.54, 1.807) is 0 Å². The van der Waals surface area contributed by atoms with Crippen LogP contribution >= 0.6 is 11.6 Å². The molecule has 1 aromatic carbocycles. The second-order valence-electron chi connectivity index (χ2n) is 6.49. The SMILES string of the molecule is CC(C)C1CCCC(Nc2cc3c(cc2Cl)OCCO3)C1. The molecule has 0 saturated heterocycles. The van der Waals surface area contributed by atoms with Crippen molar-refractivity contribution in [1.29, 1.82) is 0 Å². The van der Waals surface area contributed by atoms with Crippen molar-refractivity contribution in [2.45, 2.75) is 45.6 Å². The summed E-state index contributed by atoms with van der Waals surface area (Å²) in [7, 11) is 0. The number of fused-ring (bicyclic) bond motifs is 1. The van der Waals surface area contributed by atoms with Crippen molar-refractivity contribution in [3.05, 3.63) is 17.2 Å². The van der Waals surface area contributed by atoms with Crippen LogP contribution in [0.25, 0.3) is 0 Å². The Hall–Kier alpha value is -1.09. The van der Waals surface area contributed by atoms with Crippen LogP contribution in [0, 0.1) is 11.8 Å². The zero-order valence-electron chi connectivity index (χ0n) is 12.8. The highest BCUT2D eigenvalue weighted by Crippen LogP contribution is 2.39. The molecule has 0 radical (unpaired) electrons. The first-order valence-electron chi connectivity index (χ1n) is 7.99. The van der Waals surface area contributed by atoms with Gasteiger partial charge < -0.3 is 14.8 Å². The fraction of sp³-hybridized carbons (Fsp3) is 0.647. The molecule has 2 aliphatic rings. The molecule has 2 unspecified atom stereocenters. The first-order valence-corrected chi connectivity index (χ1v) is 8.37. The summed E-state index contributed by atoms with van der Waals surface area (Å²) in [5.41, 5.74) is 0.968. The molecule has 1 aliphatic heterocycles. The van der Waals surface area contributed by atoms with Gasteiger partial charge in [-0.05, 0) is 24.7 Å². The molecule has 0 spiro atoms. The number of hydrogen-bond acceptors (Lipinski definition) is 3. The Morgan fingerprint density at radius 1 is 1.14 bits per heavy atom. The van der Waals surface area contributed by atoms with Crippen molar-refractivity contribution < 1.29 is 9.47 Å². The van der Waals surface area contributed by atoms with Crippen LogP contribution in [-0.2, 0) is 0 Å². The Bertz CT molecular complexity index is 504. The Morgan fingerprint density at radius 3 is 2.57 bits per heavy atom. The van der Waals surface area contributed by atoms with Crippen LogP contribution < -0.4 is 14.8 Å². The van der Waals surface area contributed by atoms with E-state index in [4.69, 9.17) is 21.1 Å². The molecule has 1 aromatic rings. The van der Waals surface area contributed by atoms with Crippen molar-refractivity contribution in [2.75, 3.05) is 18.5 Å². The van der Waals surface area contributed by atoms with E-state index < -0.39 is 0 Å². The number of hydrogen-bond donors (Lipinski definition) is 1. The van der Waals surface area contributed by atoms with E-state index in [0.717, 1.165) is 29.0 Å². The predicted octanol–water partition coefficient (Wildman–Crippen LogP) is 4.74. The van der Waals surface area contributed by atoms with Gasteiger partial charge in [0.1, 0.15) is 13.2 Å². The lowest BCUT2D eigenvalue weighted by atomic mass is 9.79. The van der Waals surface area contributed by atoms with Gasteiger partial charge in [0.2, 0.25) is 0 Å². The Morgan fingerprint density at radius 2 is 1.86 bits per heavy atom. The molecule has 21 heavy (non-hydrogen) atoms. The fourth-order valence-corrected chi connectivity index (χ4v) is 3.57. The molecule has 1 saturated carbocycles. The topological polar surface area (TPSA) is 30.5 Å². The summed E-state index contributed by atoms with van der Waals surface area (Å²) in [6, 6.07) is 4.35. The lowest BCUT2D eigenvalue weighted by Crippen LogP contribution is -2.29. The molecule has 0 amide bonds. The third-order valence-corrected chi connectivity index (χ3v) is 4.96. The lowest BCUT2D eigenvalue weighted by Gasteiger charge is -2.33. The van der Waals surface area contributed by atoms with E-state index >= 15 is 0 Å². The summed E-state index contributed by atoms with van der Waals surface area (Å²) >= 11 is 6.38. The van der Waals surface area contributed by atoms with Gasteiger partial charge in [-0.15, -0.1) is 0 Å². The minimum absolute atomic E-state index is 0.506. The van der Waals surface area contributed by atoms with Crippen molar-refractivity contribution in [2.24, 2.45) is 11.8 Å². The van der Waals surface area contributed by atoms with Crippen molar-refractivity contribution in [3.8, 4) is 11.5 Å². The van der Waals surface area contributed by atoms with Crippen LogP contribution in [0.2, 0.25) is 5.02 Å². The molecule has 4 heteroatoms. The van der Waals surface area contributed by atoms with Gasteiger partial charge in [-0.1, -0.05) is 38.3 Å². The minimum atomic E-state index is 0.506. The van der Waals surface area contributed by atoms with Crippen molar-refractivity contribution in [1.82, 2.24) is 0 Å². The van der Waals surface area contributed by atoms with Crippen LogP contribution in [0.3, 0.4) is 0 Å². The molecule has 2 atom stereocenters. The predicted molar refractivity (Wildman–Crippen MR) is 86.6 cm³/mol. The number of anilines is 1. The number of rotatable bonds is 3. The highest BCUT2D eigenvalue weighted by atomic mass is 35.5. The molecule has 1 aliphatic carbocycles. The van der Waals surface area contributed by atoms with E-state index in [1.165, 1.54) is 25.7 Å². The average molecular weight is 310 g/mol. The van der Waals surface area contributed by atoms with E-state index in [9.17, 15) is 0 Å². The second-order valence-corrected chi connectivity index (χ2v) is 6.89. The monoisotopic (exact) mass is 309 g/mol. The van der Waals surface area contributed by atoms with Crippen molar-refractivity contribution >= 4 is 17.3 Å². The normalized spacial score (nSPS) is 25.0. The van der Waals surface area contributed by atoms with Crippen LogP contribution in [0.1, 0.15) is 39.5 Å². The summed E-state index contributed by atoms with van der Waals surface area (Å²) in [5, 5.41) is 4.33. The van der Waals surface area contributed by atoms with Crippen LogP contribution in [0.5, 0.6) is 11.5 Å². The van der Waals surface area contributed by atoms with Gasteiger partial charge in [-0.2, -0.15) is 0 Å². The molecular formula is C17H24ClNO2. The standard InChI is InChI=1S/C17H24ClNO2/c1-11(2)12-4-3-5-13(8-12)19-15-10-17-16(9-14(15)18)20-6-7-21-17/h9-13,19H,3-8H2,1-2H3. The number of nitrogens with one attached hydrogen (secondary N) is 1. The lowest BCUT2D eigenvalue weighted by molar-refractivity contribution is 0.171. The quantitative estimate of drug-likeness (QED) is 0.875. The molecule has 1 N–H and O–H groups in total. The Balaban J connectivity index is 1.72. The van der Waals surface area contributed by atoms with E-state index in [-0.39, 0.29) is 0 Å². The molecular weight excluding hydrogens is 286 g/mol. The Labute approximate surface area is 132 Å². The van der Waals surface area contributed by atoms with Gasteiger partial charge in [0.15, 0.2) is 11.5 Å². The van der Waals surface area contributed by atoms with Gasteiger partial charge in [0.05, 0.1) is 10.7 Å². The van der Waals surface area contributed by atoms with E-state index in [0.29, 0.717) is 24.3 Å². The fourth-order valence-electron chi connectivity index (χ4n) is 3.36. The molecule has 1 fully saturated rings. The van der Waals surface area contributed by atoms with Gasteiger partial charge in [-0.3, -0.25) is 0 Å². The summed E-state index contributed by atoms with van der Waals surface area (Å²) < 4.78 is 11.2. The largest absolute Gasteiger partial charge is 0.486 e. The van der Waals surface area contributed by atoms with Crippen LogP contribution in [-0.4, -0.2) is 19.3 Å². The number of benzene rings is 1. The summed E-state index contributed by atoms with van der Waals surface area (Å²) in [5.74, 6) is 3.11. The van der Waals surface area contributed by atoms with E-state index in [2.05, 4.69) is 19.2 Å². The first-order chi connectivity index (χ1) is 10.1. The summed E-state index contributed by atoms with van der Waals surface area (Å²) in [6.07, 6.45) is 5.09. The maximum Gasteiger partial charge on any atom is 0.163 e. The van der Waals surface area contributed by atoms with Gasteiger partial charge in [0.25, 0.3) is 0 Å². The maximum atomic E-state index is 6.38. The van der Waals surface area contributed by atoms with Crippen LogP contribution in [0.15, 0.2) is 12.1 Å². The zero-order chi connectivity index (χ0) is 14.8. The molecule has 116 valence electrons. The second kappa shape index (κ2) is 6.35. The van der Waals surface area contributed by atoms with Gasteiger partial charge >= 0.3 is 0 Å². The molecule has 0 aromatic heterocycles. The molecule has 3 nitrogen and oxygen atoms in total. The highest BCUT2D eigenvalue weighted by Gasteiger charge is 2.25. The molecule has 3 rings (SSSR count). The number of ether oxygens (including phenoxy) is 2. The maximum absolute atomic E-state index is 6.38. The average Bonchev–Trinajstić information content (AvgIpc) is 2.48.